The third-order valence-electron chi connectivity index (χ3n) is 2.65. The molecular weight excluding hydrogens is 274 g/mol. The minimum Gasteiger partial charge on any atom is -0.477 e. The van der Waals surface area contributed by atoms with Crippen LogP contribution in [-0.2, 0) is 7.05 Å². The van der Waals surface area contributed by atoms with Gasteiger partial charge in [0.1, 0.15) is 17.2 Å². The predicted molar refractivity (Wildman–Crippen MR) is 62.5 cm³/mol. The number of halogens is 2. The fourth-order valence-electron chi connectivity index (χ4n) is 1.77. The summed E-state index contributed by atoms with van der Waals surface area (Å²) in [6.07, 6.45) is 0. The molecule has 0 atom stereocenters. The van der Waals surface area contributed by atoms with Gasteiger partial charge in [-0.15, -0.1) is 0 Å². The van der Waals surface area contributed by atoms with E-state index in [0.29, 0.717) is 0 Å². The van der Waals surface area contributed by atoms with E-state index in [-0.39, 0.29) is 17.0 Å². The van der Waals surface area contributed by atoms with Gasteiger partial charge in [-0.1, -0.05) is 0 Å². The number of aromatic nitrogens is 2. The van der Waals surface area contributed by atoms with E-state index in [0.717, 1.165) is 22.9 Å². The summed E-state index contributed by atoms with van der Waals surface area (Å²) in [5.41, 5.74) is -1.20. The number of nitrogens with zero attached hydrogens (tertiary/aromatic N) is 2. The van der Waals surface area contributed by atoms with E-state index >= 15 is 0 Å². The molecule has 2 rings (SSSR count). The molecule has 0 radical (unpaired) electrons. The van der Waals surface area contributed by atoms with Crippen molar-refractivity contribution in [1.82, 2.24) is 9.78 Å². The first-order chi connectivity index (χ1) is 9.31. The maximum Gasteiger partial charge on any atom is 0.356 e. The van der Waals surface area contributed by atoms with E-state index in [1.165, 1.54) is 7.05 Å². The molecule has 0 aliphatic rings. The first kappa shape index (κ1) is 13.7. The van der Waals surface area contributed by atoms with Gasteiger partial charge in [0.15, 0.2) is 5.69 Å². The van der Waals surface area contributed by atoms with Crippen molar-refractivity contribution in [2.75, 3.05) is 0 Å². The van der Waals surface area contributed by atoms with Crippen molar-refractivity contribution < 1.29 is 28.6 Å². The Morgan fingerprint density at radius 2 is 1.65 bits per heavy atom. The lowest BCUT2D eigenvalue weighted by atomic mass is 10.1. The van der Waals surface area contributed by atoms with Crippen molar-refractivity contribution in [3.8, 4) is 11.3 Å². The molecular formula is C12H8F2N2O4. The Morgan fingerprint density at radius 1 is 1.10 bits per heavy atom. The highest BCUT2D eigenvalue weighted by molar-refractivity contribution is 5.89. The van der Waals surface area contributed by atoms with Crippen LogP contribution >= 0.6 is 0 Å². The lowest BCUT2D eigenvalue weighted by Gasteiger charge is -2.05. The number of carboxylic acids is 2. The zero-order chi connectivity index (χ0) is 15.0. The van der Waals surface area contributed by atoms with E-state index in [1.807, 2.05) is 0 Å². The van der Waals surface area contributed by atoms with Gasteiger partial charge in [0, 0.05) is 12.6 Å². The number of hydrogen-bond donors (Lipinski definition) is 2. The summed E-state index contributed by atoms with van der Waals surface area (Å²) >= 11 is 0. The van der Waals surface area contributed by atoms with Gasteiger partial charge in [-0.3, -0.25) is 4.68 Å². The Balaban J connectivity index is 2.60. The second kappa shape index (κ2) is 4.72. The Kier molecular flexibility index (Phi) is 3.23. The van der Waals surface area contributed by atoms with Crippen molar-refractivity contribution in [3.63, 3.8) is 0 Å². The van der Waals surface area contributed by atoms with Crippen LogP contribution in [-0.4, -0.2) is 31.9 Å². The van der Waals surface area contributed by atoms with Gasteiger partial charge in [-0.2, -0.15) is 5.10 Å². The largest absolute Gasteiger partial charge is 0.477 e. The molecule has 1 aromatic carbocycles. The maximum atomic E-state index is 13.6. The number of rotatable bonds is 3. The quantitative estimate of drug-likeness (QED) is 0.894. The number of benzene rings is 1. The van der Waals surface area contributed by atoms with Crippen LogP contribution in [0.1, 0.15) is 20.8 Å². The lowest BCUT2D eigenvalue weighted by Crippen LogP contribution is -2.05. The third kappa shape index (κ3) is 2.22. The molecule has 6 nitrogen and oxygen atoms in total. The Hall–Kier alpha value is -2.77. The first-order valence-electron chi connectivity index (χ1n) is 5.31. The summed E-state index contributed by atoms with van der Waals surface area (Å²) in [7, 11) is 1.41. The average Bonchev–Trinajstić information content (AvgIpc) is 2.69. The molecule has 8 heteroatoms. The number of aryl methyl sites for hydroxylation is 1. The molecule has 2 aromatic rings. The molecule has 2 N–H and O–H groups in total. The smallest absolute Gasteiger partial charge is 0.356 e. The van der Waals surface area contributed by atoms with Crippen LogP contribution in [0.2, 0.25) is 0 Å². The average molecular weight is 282 g/mol. The summed E-state index contributed by atoms with van der Waals surface area (Å²) in [5.74, 6) is -5.49. The van der Waals surface area contributed by atoms with Crippen LogP contribution in [0.3, 0.4) is 0 Å². The zero-order valence-corrected chi connectivity index (χ0v) is 10.1. The van der Waals surface area contributed by atoms with Gasteiger partial charge in [0.05, 0.1) is 5.69 Å². The minimum atomic E-state index is -1.72. The third-order valence-corrected chi connectivity index (χ3v) is 2.65. The number of aromatic carboxylic acids is 2. The van der Waals surface area contributed by atoms with Crippen molar-refractivity contribution in [1.29, 1.82) is 0 Å². The van der Waals surface area contributed by atoms with Crippen LogP contribution in [0.15, 0.2) is 18.2 Å². The minimum absolute atomic E-state index is 0.00694. The molecule has 1 aromatic heterocycles. The van der Waals surface area contributed by atoms with Crippen LogP contribution in [0.5, 0.6) is 0 Å². The zero-order valence-electron chi connectivity index (χ0n) is 10.1. The lowest BCUT2D eigenvalue weighted by molar-refractivity contribution is 0.0677. The highest BCUT2D eigenvalue weighted by Gasteiger charge is 2.20. The number of carboxylic acid groups (broad SMARTS) is 2. The van der Waals surface area contributed by atoms with Gasteiger partial charge in [0.2, 0.25) is 0 Å². The molecule has 104 valence electrons. The van der Waals surface area contributed by atoms with Crippen LogP contribution in [0.4, 0.5) is 8.78 Å². The normalized spacial score (nSPS) is 10.6. The molecule has 0 bridgehead atoms. The second-order valence-electron chi connectivity index (χ2n) is 3.96. The van der Waals surface area contributed by atoms with E-state index in [1.54, 1.807) is 0 Å². The molecule has 1 heterocycles. The summed E-state index contributed by atoms with van der Waals surface area (Å²) < 4.78 is 28.3. The van der Waals surface area contributed by atoms with E-state index in [9.17, 15) is 18.4 Å². The monoisotopic (exact) mass is 282 g/mol. The molecule has 0 amide bonds. The van der Waals surface area contributed by atoms with Gasteiger partial charge >= 0.3 is 11.9 Å². The molecule has 20 heavy (non-hydrogen) atoms. The van der Waals surface area contributed by atoms with E-state index in [2.05, 4.69) is 5.10 Å². The van der Waals surface area contributed by atoms with Crippen molar-refractivity contribution in [3.05, 3.63) is 41.1 Å². The van der Waals surface area contributed by atoms with Crippen LogP contribution < -0.4 is 0 Å². The molecule has 0 aliphatic carbocycles. The molecule has 0 unspecified atom stereocenters. The molecule has 0 spiro atoms. The Labute approximate surface area is 110 Å². The predicted octanol–water partition coefficient (Wildman–Crippen LogP) is 1.76. The van der Waals surface area contributed by atoms with Gasteiger partial charge in [0.25, 0.3) is 0 Å². The standard InChI is InChI=1S/C12H8F2N2O4/c1-16-9(4-8(15-16)11(17)18)5-2-6(13)10(12(19)20)7(14)3-5/h2-4H,1H3,(H,17,18)(H,19,20). The fourth-order valence-corrected chi connectivity index (χ4v) is 1.77. The van der Waals surface area contributed by atoms with Crippen LogP contribution in [0.25, 0.3) is 11.3 Å². The maximum absolute atomic E-state index is 13.6. The Bertz CT molecular complexity index is 701. The summed E-state index contributed by atoms with van der Waals surface area (Å²) in [5, 5.41) is 21.1. The van der Waals surface area contributed by atoms with Crippen molar-refractivity contribution in [2.45, 2.75) is 0 Å². The SMILES string of the molecule is Cn1nc(C(=O)O)cc1-c1cc(F)c(C(=O)O)c(F)c1. The van der Waals surface area contributed by atoms with Gasteiger partial charge in [-0.05, 0) is 18.2 Å². The van der Waals surface area contributed by atoms with Gasteiger partial charge in [-0.25, -0.2) is 18.4 Å². The second-order valence-corrected chi connectivity index (χ2v) is 3.96. The first-order valence-corrected chi connectivity index (χ1v) is 5.31. The van der Waals surface area contributed by atoms with Gasteiger partial charge < -0.3 is 10.2 Å². The summed E-state index contributed by atoms with van der Waals surface area (Å²) in [6, 6.07) is 2.77. The topological polar surface area (TPSA) is 92.4 Å². The number of carbonyl (C=O) groups is 2. The fraction of sp³-hybridized carbons (Fsp3) is 0.0833. The highest BCUT2D eigenvalue weighted by Crippen LogP contribution is 2.25. The van der Waals surface area contributed by atoms with Crippen molar-refractivity contribution >= 4 is 11.9 Å². The summed E-state index contributed by atoms with van der Waals surface area (Å²) in [6.45, 7) is 0. The molecule has 0 saturated heterocycles. The van der Waals surface area contributed by atoms with Crippen molar-refractivity contribution in [2.24, 2.45) is 7.05 Å². The van der Waals surface area contributed by atoms with Crippen LogP contribution in [0, 0.1) is 11.6 Å². The highest BCUT2D eigenvalue weighted by atomic mass is 19.1. The summed E-state index contributed by atoms with van der Waals surface area (Å²) in [4.78, 5) is 21.4. The molecule has 0 aliphatic heterocycles. The van der Waals surface area contributed by atoms with E-state index < -0.39 is 29.1 Å². The molecule has 0 fully saturated rings. The number of hydrogen-bond acceptors (Lipinski definition) is 3. The Morgan fingerprint density at radius 3 is 2.05 bits per heavy atom. The van der Waals surface area contributed by atoms with E-state index in [4.69, 9.17) is 10.2 Å². The molecule has 0 saturated carbocycles.